The summed E-state index contributed by atoms with van der Waals surface area (Å²) in [5.74, 6) is -1.28. The third-order valence-electron chi connectivity index (χ3n) is 2.90. The summed E-state index contributed by atoms with van der Waals surface area (Å²) in [6.45, 7) is 2.88. The number of piperidine rings is 1. The van der Waals surface area contributed by atoms with Crippen LogP contribution < -0.4 is 11.1 Å². The number of carbonyl (C=O) groups excluding carboxylic acids is 2. The van der Waals surface area contributed by atoms with Crippen molar-refractivity contribution in [1.82, 2.24) is 10.2 Å². The molecule has 0 aliphatic carbocycles. The van der Waals surface area contributed by atoms with Crippen molar-refractivity contribution in [3.63, 3.8) is 0 Å². The molecule has 1 fully saturated rings. The lowest BCUT2D eigenvalue weighted by Crippen LogP contribution is -2.53. The molecular formula is C11H19N3O3. The first-order chi connectivity index (χ1) is 7.95. The molecule has 0 bridgehead atoms. The Bertz CT molecular complexity index is 341. The Hall–Kier alpha value is -1.40. The normalized spacial score (nSPS) is 26.6. The van der Waals surface area contributed by atoms with Gasteiger partial charge in [-0.15, -0.1) is 0 Å². The number of β-amino-alcohol motifs (C(OH)–C–C–N with tert-alkyl or cyclic N) is 1. The Kier molecular flexibility index (Phi) is 4.65. The molecule has 2 atom stereocenters. The fraction of sp³-hybridized carbons (Fsp3) is 0.636. The van der Waals surface area contributed by atoms with E-state index in [0.717, 1.165) is 6.54 Å². The molecule has 1 saturated heterocycles. The highest BCUT2D eigenvalue weighted by molar-refractivity contribution is 6.17. The molecule has 2 amide bonds. The van der Waals surface area contributed by atoms with Gasteiger partial charge in [0.2, 0.25) is 0 Å². The van der Waals surface area contributed by atoms with Crippen molar-refractivity contribution in [3.8, 4) is 0 Å². The van der Waals surface area contributed by atoms with Crippen molar-refractivity contribution in [1.29, 1.82) is 0 Å². The maximum Gasteiger partial charge on any atom is 0.256 e. The minimum Gasteiger partial charge on any atom is -0.390 e. The number of nitrogens with zero attached hydrogens (tertiary/aromatic N) is 1. The lowest BCUT2D eigenvalue weighted by atomic mass is 10.0. The van der Waals surface area contributed by atoms with E-state index in [4.69, 9.17) is 5.73 Å². The third-order valence-corrected chi connectivity index (χ3v) is 2.90. The maximum atomic E-state index is 11.7. The zero-order valence-electron chi connectivity index (χ0n) is 10.1. The molecule has 2 unspecified atom stereocenters. The maximum absolute atomic E-state index is 11.7. The average Bonchev–Trinajstić information content (AvgIpc) is 2.22. The van der Waals surface area contributed by atoms with Crippen LogP contribution >= 0.6 is 0 Å². The molecule has 1 aliphatic rings. The van der Waals surface area contributed by atoms with E-state index in [1.54, 1.807) is 6.92 Å². The Labute approximate surface area is 100 Å². The van der Waals surface area contributed by atoms with Crippen LogP contribution in [-0.2, 0) is 9.59 Å². The third kappa shape index (κ3) is 3.54. The summed E-state index contributed by atoms with van der Waals surface area (Å²) >= 11 is 0. The van der Waals surface area contributed by atoms with Gasteiger partial charge in [0.05, 0.1) is 17.7 Å². The number of rotatable bonds is 3. The summed E-state index contributed by atoms with van der Waals surface area (Å²) in [4.78, 5) is 24.7. The molecule has 4 N–H and O–H groups in total. The van der Waals surface area contributed by atoms with Gasteiger partial charge in [-0.05, 0) is 26.9 Å². The number of nitrogens with one attached hydrogen (secondary N) is 1. The smallest absolute Gasteiger partial charge is 0.256 e. The van der Waals surface area contributed by atoms with E-state index < -0.39 is 17.9 Å². The first kappa shape index (κ1) is 13.7. The summed E-state index contributed by atoms with van der Waals surface area (Å²) in [5.41, 5.74) is 5.00. The summed E-state index contributed by atoms with van der Waals surface area (Å²) in [6.07, 6.45) is 1.40. The van der Waals surface area contributed by atoms with Gasteiger partial charge in [0.25, 0.3) is 11.8 Å². The van der Waals surface area contributed by atoms with E-state index in [0.29, 0.717) is 13.0 Å². The molecule has 0 radical (unpaired) electrons. The quantitative estimate of drug-likeness (QED) is 0.322. The molecule has 96 valence electrons. The molecule has 1 aliphatic heterocycles. The number of likely N-dealkylation sites (tertiary alicyclic amines) is 1. The fourth-order valence-corrected chi connectivity index (χ4v) is 1.89. The van der Waals surface area contributed by atoms with Gasteiger partial charge in [-0.2, -0.15) is 0 Å². The first-order valence-corrected chi connectivity index (χ1v) is 5.59. The van der Waals surface area contributed by atoms with Gasteiger partial charge in [0, 0.05) is 6.54 Å². The van der Waals surface area contributed by atoms with Gasteiger partial charge >= 0.3 is 0 Å². The Balaban J connectivity index is 2.60. The second-order valence-electron chi connectivity index (χ2n) is 4.26. The number of carbonyl (C=O) groups is 2. The van der Waals surface area contributed by atoms with Crippen LogP contribution in [0.2, 0.25) is 0 Å². The molecular weight excluding hydrogens is 222 g/mol. The van der Waals surface area contributed by atoms with Crippen molar-refractivity contribution in [2.24, 2.45) is 5.73 Å². The van der Waals surface area contributed by atoms with Gasteiger partial charge < -0.3 is 21.1 Å². The molecule has 0 aromatic rings. The van der Waals surface area contributed by atoms with Crippen molar-refractivity contribution in [2.75, 3.05) is 20.1 Å². The summed E-state index contributed by atoms with van der Waals surface area (Å²) < 4.78 is 0. The van der Waals surface area contributed by atoms with E-state index >= 15 is 0 Å². The predicted molar refractivity (Wildman–Crippen MR) is 63.0 cm³/mol. The topological polar surface area (TPSA) is 95.7 Å². The Morgan fingerprint density at radius 1 is 1.53 bits per heavy atom. The van der Waals surface area contributed by atoms with Gasteiger partial charge in [0.15, 0.2) is 0 Å². The molecule has 17 heavy (non-hydrogen) atoms. The standard InChI is InChI=1S/C11H19N3O3/c1-3-7(10(12)16)11(17)13-8-4-5-14(2)6-9(8)15/h3,8-9,15H,4-6H2,1-2H3,(H2,12,16)(H,13,17)/b7-3+. The van der Waals surface area contributed by atoms with Crippen LogP contribution in [-0.4, -0.2) is 54.1 Å². The first-order valence-electron chi connectivity index (χ1n) is 5.59. The van der Waals surface area contributed by atoms with Crippen LogP contribution in [0, 0.1) is 0 Å². The van der Waals surface area contributed by atoms with Crippen LogP contribution in [0.1, 0.15) is 13.3 Å². The highest BCUT2D eigenvalue weighted by Crippen LogP contribution is 2.10. The summed E-state index contributed by atoms with van der Waals surface area (Å²) in [6, 6.07) is -0.326. The zero-order chi connectivity index (χ0) is 13.0. The Morgan fingerprint density at radius 3 is 2.65 bits per heavy atom. The Morgan fingerprint density at radius 2 is 2.18 bits per heavy atom. The molecule has 1 heterocycles. The minimum absolute atomic E-state index is 0.0730. The molecule has 0 saturated carbocycles. The van der Waals surface area contributed by atoms with Crippen LogP contribution in [0.4, 0.5) is 0 Å². The van der Waals surface area contributed by atoms with Crippen LogP contribution in [0.3, 0.4) is 0 Å². The minimum atomic E-state index is -0.757. The lowest BCUT2D eigenvalue weighted by molar-refractivity contribution is -0.123. The molecule has 1 rings (SSSR count). The van der Waals surface area contributed by atoms with Crippen LogP contribution in [0.25, 0.3) is 0 Å². The summed E-state index contributed by atoms with van der Waals surface area (Å²) in [7, 11) is 1.90. The fourth-order valence-electron chi connectivity index (χ4n) is 1.89. The van der Waals surface area contributed by atoms with E-state index in [1.807, 2.05) is 11.9 Å². The number of hydrogen-bond acceptors (Lipinski definition) is 4. The van der Waals surface area contributed by atoms with E-state index in [9.17, 15) is 14.7 Å². The SMILES string of the molecule is C/C=C(\C(N)=O)C(=O)NC1CCN(C)CC1O. The van der Waals surface area contributed by atoms with Gasteiger partial charge in [-0.25, -0.2) is 0 Å². The van der Waals surface area contributed by atoms with Gasteiger partial charge in [0.1, 0.15) is 0 Å². The molecule has 0 aromatic heterocycles. The second kappa shape index (κ2) is 5.79. The number of likely N-dealkylation sites (N-methyl/N-ethyl adjacent to an activating group) is 1. The average molecular weight is 241 g/mol. The highest BCUT2D eigenvalue weighted by atomic mass is 16.3. The largest absolute Gasteiger partial charge is 0.390 e. The summed E-state index contributed by atoms with van der Waals surface area (Å²) in [5, 5.41) is 12.4. The van der Waals surface area contributed by atoms with Crippen molar-refractivity contribution in [3.05, 3.63) is 11.6 Å². The number of aliphatic hydroxyl groups excluding tert-OH is 1. The van der Waals surface area contributed by atoms with Crippen molar-refractivity contribution in [2.45, 2.75) is 25.5 Å². The molecule has 6 heteroatoms. The monoisotopic (exact) mass is 241 g/mol. The predicted octanol–water partition coefficient (Wildman–Crippen LogP) is -1.40. The number of amides is 2. The molecule has 6 nitrogen and oxygen atoms in total. The number of aliphatic hydroxyl groups is 1. The van der Waals surface area contributed by atoms with E-state index in [-0.39, 0.29) is 11.6 Å². The van der Waals surface area contributed by atoms with Crippen LogP contribution in [0.15, 0.2) is 11.6 Å². The lowest BCUT2D eigenvalue weighted by Gasteiger charge is -2.34. The molecule has 0 spiro atoms. The number of nitrogens with two attached hydrogens (primary N) is 1. The van der Waals surface area contributed by atoms with E-state index in [1.165, 1.54) is 6.08 Å². The van der Waals surface area contributed by atoms with Crippen LogP contribution in [0.5, 0.6) is 0 Å². The highest BCUT2D eigenvalue weighted by Gasteiger charge is 2.28. The number of primary amides is 1. The zero-order valence-corrected chi connectivity index (χ0v) is 10.1. The second-order valence-corrected chi connectivity index (χ2v) is 4.26. The molecule has 0 aromatic carbocycles. The van der Waals surface area contributed by atoms with Crippen molar-refractivity contribution < 1.29 is 14.7 Å². The number of hydrogen-bond donors (Lipinski definition) is 3. The van der Waals surface area contributed by atoms with Gasteiger partial charge in [-0.1, -0.05) is 6.08 Å². The van der Waals surface area contributed by atoms with Gasteiger partial charge in [-0.3, -0.25) is 9.59 Å². The number of allylic oxidation sites excluding steroid dienone is 1. The van der Waals surface area contributed by atoms with E-state index in [2.05, 4.69) is 5.32 Å². The van der Waals surface area contributed by atoms with Crippen molar-refractivity contribution >= 4 is 11.8 Å².